The van der Waals surface area contributed by atoms with Crippen molar-refractivity contribution >= 4 is 11.6 Å². The summed E-state index contributed by atoms with van der Waals surface area (Å²) in [6, 6.07) is 9.15. The number of nitrogens with zero attached hydrogens (tertiary/aromatic N) is 1. The smallest absolute Gasteiger partial charge is 0.0453 e. The van der Waals surface area contributed by atoms with E-state index in [1.54, 1.807) is 0 Å². The highest BCUT2D eigenvalue weighted by atomic mass is 35.5. The van der Waals surface area contributed by atoms with Gasteiger partial charge in [0.15, 0.2) is 0 Å². The van der Waals surface area contributed by atoms with E-state index in [-0.39, 0.29) is 0 Å². The van der Waals surface area contributed by atoms with E-state index in [1.165, 1.54) is 24.9 Å². The first-order valence-electron chi connectivity index (χ1n) is 7.80. The van der Waals surface area contributed by atoms with Gasteiger partial charge in [-0.1, -0.05) is 29.8 Å². The molecule has 0 amide bonds. The van der Waals surface area contributed by atoms with Crippen LogP contribution in [0, 0.1) is 5.92 Å². The Morgan fingerprint density at radius 1 is 1.20 bits per heavy atom. The summed E-state index contributed by atoms with van der Waals surface area (Å²) < 4.78 is 0. The molecule has 1 aliphatic rings. The van der Waals surface area contributed by atoms with Gasteiger partial charge in [-0.15, -0.1) is 0 Å². The number of piperidine rings is 1. The van der Waals surface area contributed by atoms with Crippen LogP contribution in [0.25, 0.3) is 0 Å². The highest BCUT2D eigenvalue weighted by molar-refractivity contribution is 6.31. The van der Waals surface area contributed by atoms with Crippen LogP contribution in [-0.4, -0.2) is 30.6 Å². The standard InChI is InChI=1S/C17H27ClN2/c1-13(2)20(12-15-8-10-19-11-9-15)14(3)16-6-4-5-7-17(16)18/h4-7,13-15,19H,8-12H2,1-3H3. The lowest BCUT2D eigenvalue weighted by molar-refractivity contribution is 0.125. The Balaban J connectivity index is 2.09. The lowest BCUT2D eigenvalue weighted by atomic mass is 9.95. The van der Waals surface area contributed by atoms with Crippen molar-refractivity contribution in [3.05, 3.63) is 34.9 Å². The number of hydrogen-bond acceptors (Lipinski definition) is 2. The predicted molar refractivity (Wildman–Crippen MR) is 87.3 cm³/mol. The number of halogens is 1. The van der Waals surface area contributed by atoms with Crippen molar-refractivity contribution in [3.63, 3.8) is 0 Å². The van der Waals surface area contributed by atoms with Crippen LogP contribution in [0.5, 0.6) is 0 Å². The zero-order valence-corrected chi connectivity index (χ0v) is 13.7. The van der Waals surface area contributed by atoms with Crippen LogP contribution in [0.1, 0.15) is 45.2 Å². The molecule has 3 heteroatoms. The topological polar surface area (TPSA) is 15.3 Å². The third-order valence-corrected chi connectivity index (χ3v) is 4.79. The van der Waals surface area contributed by atoms with Gasteiger partial charge in [0.05, 0.1) is 0 Å². The summed E-state index contributed by atoms with van der Waals surface area (Å²) in [6.45, 7) is 10.4. The summed E-state index contributed by atoms with van der Waals surface area (Å²) in [5.74, 6) is 0.809. The Hall–Kier alpha value is -0.570. The fourth-order valence-electron chi connectivity index (χ4n) is 3.17. The fourth-order valence-corrected chi connectivity index (χ4v) is 3.46. The average Bonchev–Trinajstić information content (AvgIpc) is 2.45. The van der Waals surface area contributed by atoms with Crippen molar-refractivity contribution in [1.82, 2.24) is 10.2 Å². The molecule has 1 fully saturated rings. The van der Waals surface area contributed by atoms with Gasteiger partial charge in [-0.2, -0.15) is 0 Å². The zero-order valence-electron chi connectivity index (χ0n) is 12.9. The molecule has 112 valence electrons. The van der Waals surface area contributed by atoms with Gasteiger partial charge in [0.1, 0.15) is 0 Å². The number of hydrogen-bond donors (Lipinski definition) is 1. The van der Waals surface area contributed by atoms with Crippen LogP contribution in [-0.2, 0) is 0 Å². The molecule has 0 bridgehead atoms. The van der Waals surface area contributed by atoms with Gasteiger partial charge in [0.25, 0.3) is 0 Å². The van der Waals surface area contributed by atoms with Crippen molar-refractivity contribution in [2.75, 3.05) is 19.6 Å². The molecule has 1 saturated heterocycles. The highest BCUT2D eigenvalue weighted by Gasteiger charge is 2.24. The molecule has 1 N–H and O–H groups in total. The number of nitrogens with one attached hydrogen (secondary N) is 1. The van der Waals surface area contributed by atoms with Crippen molar-refractivity contribution in [3.8, 4) is 0 Å². The molecule has 1 aliphatic heterocycles. The van der Waals surface area contributed by atoms with Crippen LogP contribution < -0.4 is 5.32 Å². The minimum atomic E-state index is 0.374. The summed E-state index contributed by atoms with van der Waals surface area (Å²) in [4.78, 5) is 2.59. The van der Waals surface area contributed by atoms with Gasteiger partial charge >= 0.3 is 0 Å². The lowest BCUT2D eigenvalue weighted by Crippen LogP contribution is -2.40. The molecule has 1 atom stereocenters. The largest absolute Gasteiger partial charge is 0.317 e. The molecule has 0 aliphatic carbocycles. The second-order valence-electron chi connectivity index (χ2n) is 6.18. The van der Waals surface area contributed by atoms with E-state index in [9.17, 15) is 0 Å². The van der Waals surface area contributed by atoms with Crippen molar-refractivity contribution in [1.29, 1.82) is 0 Å². The zero-order chi connectivity index (χ0) is 14.5. The molecule has 2 rings (SSSR count). The molecule has 0 spiro atoms. The molecule has 2 nitrogen and oxygen atoms in total. The van der Waals surface area contributed by atoms with E-state index in [2.05, 4.69) is 43.1 Å². The second kappa shape index (κ2) is 7.44. The molecule has 1 aromatic carbocycles. The van der Waals surface area contributed by atoms with E-state index >= 15 is 0 Å². The number of rotatable bonds is 5. The Morgan fingerprint density at radius 2 is 1.85 bits per heavy atom. The Bertz CT molecular complexity index is 413. The third kappa shape index (κ3) is 3.97. The SMILES string of the molecule is CC(C)N(CC1CCNCC1)C(C)c1ccccc1Cl. The quantitative estimate of drug-likeness (QED) is 0.879. The van der Waals surface area contributed by atoms with E-state index in [0.29, 0.717) is 12.1 Å². The Labute approximate surface area is 128 Å². The first kappa shape index (κ1) is 15.8. The van der Waals surface area contributed by atoms with E-state index in [1.807, 2.05) is 12.1 Å². The normalized spacial score (nSPS) is 18.7. The molecule has 1 unspecified atom stereocenters. The Morgan fingerprint density at radius 3 is 2.45 bits per heavy atom. The van der Waals surface area contributed by atoms with Crippen LogP contribution in [0.4, 0.5) is 0 Å². The monoisotopic (exact) mass is 294 g/mol. The van der Waals surface area contributed by atoms with Crippen molar-refractivity contribution in [2.45, 2.75) is 45.7 Å². The lowest BCUT2D eigenvalue weighted by Gasteiger charge is -2.37. The van der Waals surface area contributed by atoms with Gasteiger partial charge in [-0.05, 0) is 64.3 Å². The van der Waals surface area contributed by atoms with Crippen LogP contribution in [0.2, 0.25) is 5.02 Å². The summed E-state index contributed by atoms with van der Waals surface area (Å²) >= 11 is 6.37. The van der Waals surface area contributed by atoms with Crippen LogP contribution in [0.3, 0.4) is 0 Å². The second-order valence-corrected chi connectivity index (χ2v) is 6.59. The van der Waals surface area contributed by atoms with E-state index < -0.39 is 0 Å². The number of benzene rings is 1. The fraction of sp³-hybridized carbons (Fsp3) is 0.647. The molecule has 20 heavy (non-hydrogen) atoms. The maximum Gasteiger partial charge on any atom is 0.0453 e. The van der Waals surface area contributed by atoms with Gasteiger partial charge < -0.3 is 5.32 Å². The molecule has 0 aromatic heterocycles. The van der Waals surface area contributed by atoms with Gasteiger partial charge in [0.2, 0.25) is 0 Å². The first-order chi connectivity index (χ1) is 9.59. The molecule has 0 radical (unpaired) electrons. The van der Waals surface area contributed by atoms with Gasteiger partial charge in [-0.25, -0.2) is 0 Å². The van der Waals surface area contributed by atoms with Crippen LogP contribution >= 0.6 is 11.6 Å². The average molecular weight is 295 g/mol. The van der Waals surface area contributed by atoms with Crippen molar-refractivity contribution in [2.24, 2.45) is 5.92 Å². The maximum atomic E-state index is 6.37. The van der Waals surface area contributed by atoms with Gasteiger partial charge in [0, 0.05) is 23.7 Å². The molecule has 0 saturated carbocycles. The summed E-state index contributed by atoms with van der Waals surface area (Å²) in [6.07, 6.45) is 2.58. The first-order valence-corrected chi connectivity index (χ1v) is 8.18. The molecule has 1 aromatic rings. The maximum absolute atomic E-state index is 6.37. The molecular weight excluding hydrogens is 268 g/mol. The van der Waals surface area contributed by atoms with Crippen molar-refractivity contribution < 1.29 is 0 Å². The minimum absolute atomic E-state index is 0.374. The van der Waals surface area contributed by atoms with E-state index in [4.69, 9.17) is 11.6 Å². The summed E-state index contributed by atoms with van der Waals surface area (Å²) in [7, 11) is 0. The van der Waals surface area contributed by atoms with Gasteiger partial charge in [-0.3, -0.25) is 4.90 Å². The molecule has 1 heterocycles. The molecular formula is C17H27ClN2. The Kier molecular flexibility index (Phi) is 5.88. The third-order valence-electron chi connectivity index (χ3n) is 4.44. The predicted octanol–water partition coefficient (Wildman–Crippen LogP) is 4.11. The summed E-state index contributed by atoms with van der Waals surface area (Å²) in [5.41, 5.74) is 1.25. The highest BCUT2D eigenvalue weighted by Crippen LogP contribution is 2.30. The van der Waals surface area contributed by atoms with E-state index in [0.717, 1.165) is 24.0 Å². The minimum Gasteiger partial charge on any atom is -0.317 e. The summed E-state index contributed by atoms with van der Waals surface area (Å²) in [5, 5.41) is 4.33. The van der Waals surface area contributed by atoms with Crippen LogP contribution in [0.15, 0.2) is 24.3 Å².